The van der Waals surface area contributed by atoms with E-state index < -0.39 is 0 Å². The van der Waals surface area contributed by atoms with Crippen molar-refractivity contribution in [3.63, 3.8) is 0 Å². The molecule has 1 atom stereocenters. The van der Waals surface area contributed by atoms with E-state index in [0.29, 0.717) is 26.2 Å². The van der Waals surface area contributed by atoms with Crippen LogP contribution in [0.4, 0.5) is 4.79 Å². The molecule has 0 spiro atoms. The van der Waals surface area contributed by atoms with Crippen molar-refractivity contribution in [1.29, 1.82) is 0 Å². The summed E-state index contributed by atoms with van der Waals surface area (Å²) in [6.07, 6.45) is -0.454. The van der Waals surface area contributed by atoms with E-state index in [1.54, 1.807) is 4.90 Å². The molecule has 1 aromatic carbocycles. The number of carbonyl (C=O) groups is 1. The number of carbonyl (C=O) groups excluding carboxylic acids is 1. The summed E-state index contributed by atoms with van der Waals surface area (Å²) >= 11 is 0. The van der Waals surface area contributed by atoms with Crippen LogP contribution in [-0.4, -0.2) is 67.3 Å². The van der Waals surface area contributed by atoms with Gasteiger partial charge in [-0.1, -0.05) is 44.2 Å². The second-order valence-corrected chi connectivity index (χ2v) is 5.81. The Labute approximate surface area is 143 Å². The molecule has 0 aromatic heterocycles. The first-order valence-corrected chi connectivity index (χ1v) is 6.95. The monoisotopic (exact) mass is 399 g/mol. The average Bonchev–Trinajstić information content (AvgIpc) is 2.46. The van der Waals surface area contributed by atoms with Crippen molar-refractivity contribution in [2.75, 3.05) is 26.2 Å². The summed E-state index contributed by atoms with van der Waals surface area (Å²) in [5.41, 5.74) is 6.73. The summed E-state index contributed by atoms with van der Waals surface area (Å²) in [7, 11) is 0. The number of ether oxygens (including phenoxy) is 1. The van der Waals surface area contributed by atoms with Gasteiger partial charge >= 0.3 is 30.0 Å². The fraction of sp³-hybridized carbons (Fsp3) is 0.533. The minimum atomic E-state index is -0.286. The van der Waals surface area contributed by atoms with E-state index in [-0.39, 0.29) is 41.6 Å². The number of nitrogens with zero attached hydrogens (tertiary/aromatic N) is 1. The minimum absolute atomic E-state index is 0. The third kappa shape index (κ3) is 5.16. The SMILES string of the molecule is CC(C)(COC(=O)N1CCNC(N)C1)c1ccccc1.[SnH2]. The second kappa shape index (κ2) is 8.00. The van der Waals surface area contributed by atoms with E-state index in [4.69, 9.17) is 10.5 Å². The van der Waals surface area contributed by atoms with Gasteiger partial charge in [-0.3, -0.25) is 5.32 Å². The molecule has 21 heavy (non-hydrogen) atoms. The molecule has 1 aliphatic rings. The van der Waals surface area contributed by atoms with E-state index in [1.165, 1.54) is 0 Å². The van der Waals surface area contributed by atoms with Crippen molar-refractivity contribution in [2.45, 2.75) is 25.4 Å². The molecule has 0 aliphatic carbocycles. The van der Waals surface area contributed by atoms with Crippen molar-refractivity contribution in [1.82, 2.24) is 10.2 Å². The van der Waals surface area contributed by atoms with Crippen molar-refractivity contribution in [2.24, 2.45) is 5.73 Å². The molecule has 1 heterocycles. The van der Waals surface area contributed by atoms with Crippen molar-refractivity contribution in [3.8, 4) is 0 Å². The molecule has 1 unspecified atom stereocenters. The molecule has 1 amide bonds. The third-order valence-corrected chi connectivity index (χ3v) is 3.58. The van der Waals surface area contributed by atoms with Crippen LogP contribution in [0.25, 0.3) is 0 Å². The van der Waals surface area contributed by atoms with Gasteiger partial charge in [0.1, 0.15) is 6.61 Å². The van der Waals surface area contributed by atoms with Gasteiger partial charge in [0.25, 0.3) is 0 Å². The molecule has 1 saturated heterocycles. The van der Waals surface area contributed by atoms with Gasteiger partial charge in [0.15, 0.2) is 0 Å². The number of piperazine rings is 1. The first kappa shape index (κ1) is 18.3. The summed E-state index contributed by atoms with van der Waals surface area (Å²) in [6.45, 7) is 6.33. The molecule has 116 valence electrons. The van der Waals surface area contributed by atoms with Crippen molar-refractivity contribution < 1.29 is 9.53 Å². The topological polar surface area (TPSA) is 67.6 Å². The molecule has 0 saturated carbocycles. The fourth-order valence-corrected chi connectivity index (χ4v) is 2.25. The number of hydrogen-bond donors (Lipinski definition) is 2. The van der Waals surface area contributed by atoms with E-state index in [1.807, 2.05) is 18.2 Å². The van der Waals surface area contributed by atoms with Crippen molar-refractivity contribution >= 4 is 30.0 Å². The molecular weight excluding hydrogens is 373 g/mol. The van der Waals surface area contributed by atoms with Gasteiger partial charge in [-0.2, -0.15) is 0 Å². The molecule has 1 aromatic rings. The first-order chi connectivity index (χ1) is 9.49. The van der Waals surface area contributed by atoms with Crippen LogP contribution in [0.2, 0.25) is 0 Å². The number of hydrogen-bond acceptors (Lipinski definition) is 4. The summed E-state index contributed by atoms with van der Waals surface area (Å²) in [5, 5.41) is 3.09. The predicted molar refractivity (Wildman–Crippen MR) is 86.9 cm³/mol. The zero-order chi connectivity index (χ0) is 14.6. The van der Waals surface area contributed by atoms with Gasteiger partial charge in [-0.05, 0) is 5.56 Å². The van der Waals surface area contributed by atoms with Crippen LogP contribution in [0.3, 0.4) is 0 Å². The normalized spacial score (nSPS) is 18.8. The Morgan fingerprint density at radius 3 is 2.71 bits per heavy atom. The summed E-state index contributed by atoms with van der Waals surface area (Å²) in [6, 6.07) is 10.1. The van der Waals surface area contributed by atoms with Gasteiger partial charge in [0.05, 0.1) is 12.7 Å². The molecule has 6 heteroatoms. The van der Waals surface area contributed by atoms with Crippen LogP contribution < -0.4 is 11.1 Å². The molecule has 2 radical (unpaired) electrons. The van der Waals surface area contributed by atoms with Crippen molar-refractivity contribution in [3.05, 3.63) is 35.9 Å². The fourth-order valence-electron chi connectivity index (χ4n) is 2.25. The Hall–Kier alpha value is -0.791. The molecule has 3 N–H and O–H groups in total. The Kier molecular flexibility index (Phi) is 6.96. The molecule has 1 aliphatic heterocycles. The average molecular weight is 398 g/mol. The van der Waals surface area contributed by atoms with Gasteiger partial charge in [-0.15, -0.1) is 0 Å². The summed E-state index contributed by atoms with van der Waals surface area (Å²) < 4.78 is 5.45. The van der Waals surface area contributed by atoms with Gasteiger partial charge in [0.2, 0.25) is 0 Å². The maximum atomic E-state index is 12.0. The number of nitrogens with two attached hydrogens (primary N) is 1. The molecule has 2 rings (SSSR count). The van der Waals surface area contributed by atoms with Crippen LogP contribution in [0, 0.1) is 0 Å². The third-order valence-electron chi connectivity index (χ3n) is 3.58. The van der Waals surface area contributed by atoms with Crippen LogP contribution in [0.15, 0.2) is 30.3 Å². The number of rotatable bonds is 3. The molecular formula is C15H25N3O2Sn. The Bertz CT molecular complexity index is 453. The van der Waals surface area contributed by atoms with E-state index in [0.717, 1.165) is 5.56 Å². The summed E-state index contributed by atoms with van der Waals surface area (Å²) in [4.78, 5) is 13.7. The maximum absolute atomic E-state index is 12.0. The van der Waals surface area contributed by atoms with Crippen LogP contribution >= 0.6 is 0 Å². The van der Waals surface area contributed by atoms with Gasteiger partial charge in [-0.25, -0.2) is 4.79 Å². The van der Waals surface area contributed by atoms with Crippen LogP contribution in [-0.2, 0) is 10.2 Å². The van der Waals surface area contributed by atoms with Gasteiger partial charge < -0.3 is 15.4 Å². The van der Waals surface area contributed by atoms with Gasteiger partial charge in [0, 0.05) is 18.5 Å². The van der Waals surface area contributed by atoms with Crippen LogP contribution in [0.5, 0.6) is 0 Å². The number of nitrogens with one attached hydrogen (secondary N) is 1. The standard InChI is InChI=1S/C15H23N3O2.Sn.2H/c1-15(2,12-6-4-3-5-7-12)11-20-14(19)18-9-8-17-13(16)10-18;;;/h3-7,13,17H,8-11,16H2,1-2H3;;;. The molecule has 5 nitrogen and oxygen atoms in total. The summed E-state index contributed by atoms with van der Waals surface area (Å²) in [5.74, 6) is 0. The van der Waals surface area contributed by atoms with E-state index >= 15 is 0 Å². The first-order valence-electron chi connectivity index (χ1n) is 6.95. The number of amides is 1. The second-order valence-electron chi connectivity index (χ2n) is 5.81. The van der Waals surface area contributed by atoms with E-state index in [9.17, 15) is 4.79 Å². The zero-order valence-electron chi connectivity index (χ0n) is 12.8. The predicted octanol–water partition coefficient (Wildman–Crippen LogP) is 0.375. The quantitative estimate of drug-likeness (QED) is 0.723. The van der Waals surface area contributed by atoms with Crippen LogP contribution in [0.1, 0.15) is 19.4 Å². The molecule has 1 fully saturated rings. The molecule has 0 bridgehead atoms. The Balaban J connectivity index is 0.00000220. The Morgan fingerprint density at radius 1 is 1.43 bits per heavy atom. The number of benzene rings is 1. The van der Waals surface area contributed by atoms with E-state index in [2.05, 4.69) is 31.3 Å². The zero-order valence-corrected chi connectivity index (χ0v) is 16.9. The Morgan fingerprint density at radius 2 is 2.10 bits per heavy atom.